The standard InChI is InChI=1S/2C10H13.2ClH.Zr/c2*1-2-5-9-7-4-8-10(9)6-3-1;;;/h2*1-3,5,10H,4,6-8H2;2*1H;/q;;;;+2/p-2. The maximum atomic E-state index is 2.68. The van der Waals surface area contributed by atoms with Crippen molar-refractivity contribution in [3.05, 3.63) is 48.6 Å². The van der Waals surface area contributed by atoms with E-state index in [-0.39, 0.29) is 24.8 Å². The van der Waals surface area contributed by atoms with Gasteiger partial charge in [-0.3, -0.25) is 0 Å². The summed E-state index contributed by atoms with van der Waals surface area (Å²) in [5, 5.41) is 0. The summed E-state index contributed by atoms with van der Waals surface area (Å²) >= 11 is -0.514. The summed E-state index contributed by atoms with van der Waals surface area (Å²) in [7, 11) is 0. The maximum absolute atomic E-state index is 2.68. The minimum absolute atomic E-state index is 0. The molecule has 0 aliphatic heterocycles. The van der Waals surface area contributed by atoms with Crippen LogP contribution in [0.15, 0.2) is 48.6 Å². The van der Waals surface area contributed by atoms with Gasteiger partial charge in [0.2, 0.25) is 0 Å². The Kier molecular flexibility index (Phi) is 7.04. The zero-order valence-electron chi connectivity index (χ0n) is 13.7. The van der Waals surface area contributed by atoms with E-state index in [1.54, 1.807) is 0 Å². The molecule has 0 aromatic carbocycles. The quantitative estimate of drug-likeness (QED) is 0.582. The molecular weight excluding hydrogens is 402 g/mol. The average Bonchev–Trinajstić information content (AvgIpc) is 2.92. The van der Waals surface area contributed by atoms with Crippen LogP contribution < -0.4 is 24.8 Å². The smallest absolute Gasteiger partial charge is 1.00 e. The first kappa shape index (κ1) is 19.7. The Balaban J connectivity index is 0.000000960. The van der Waals surface area contributed by atoms with Gasteiger partial charge in [0.1, 0.15) is 0 Å². The molecule has 3 heteroatoms. The first-order valence-corrected chi connectivity index (χ1v) is 11.3. The topological polar surface area (TPSA) is 0 Å². The maximum Gasteiger partial charge on any atom is -1.00 e. The Morgan fingerprint density at radius 3 is 1.65 bits per heavy atom. The summed E-state index contributed by atoms with van der Waals surface area (Å²) < 4.78 is 1.31. The molecule has 0 nitrogen and oxygen atoms in total. The second-order valence-electron chi connectivity index (χ2n) is 7.43. The molecule has 0 spiro atoms. The van der Waals surface area contributed by atoms with E-state index in [1.165, 1.54) is 51.4 Å². The van der Waals surface area contributed by atoms with Crippen LogP contribution in [0.1, 0.15) is 51.4 Å². The molecule has 0 N–H and O–H groups in total. The molecule has 4 aliphatic carbocycles. The van der Waals surface area contributed by atoms with E-state index in [0.717, 1.165) is 11.8 Å². The van der Waals surface area contributed by atoms with Crippen LogP contribution in [0, 0.1) is 11.8 Å². The fraction of sp³-hybridized carbons (Fsp3) is 0.600. The van der Waals surface area contributed by atoms with E-state index >= 15 is 0 Å². The molecule has 0 saturated heterocycles. The van der Waals surface area contributed by atoms with Crippen molar-refractivity contribution in [2.24, 2.45) is 11.8 Å². The second-order valence-corrected chi connectivity index (χ2v) is 12.6. The number of halogens is 2. The summed E-state index contributed by atoms with van der Waals surface area (Å²) in [6.45, 7) is 0. The Labute approximate surface area is 165 Å². The van der Waals surface area contributed by atoms with Gasteiger partial charge in [-0.25, -0.2) is 0 Å². The molecule has 0 heterocycles. The van der Waals surface area contributed by atoms with E-state index in [1.807, 2.05) is 0 Å². The van der Waals surface area contributed by atoms with Gasteiger partial charge in [-0.05, 0) is 0 Å². The van der Waals surface area contributed by atoms with E-state index in [0.29, 0.717) is 6.25 Å². The minimum Gasteiger partial charge on any atom is -1.00 e. The summed E-state index contributed by atoms with van der Waals surface area (Å²) in [4.78, 5) is 0. The Hall–Kier alpha value is 0.423. The predicted octanol–water partition coefficient (Wildman–Crippen LogP) is 0.0267. The van der Waals surface area contributed by atoms with Gasteiger partial charge in [-0.2, -0.15) is 0 Å². The molecule has 4 aliphatic rings. The van der Waals surface area contributed by atoms with Crippen molar-refractivity contribution in [1.29, 1.82) is 0 Å². The number of rotatable bonds is 2. The first-order chi connectivity index (χ1) is 10.3. The molecular formula is C20H26Cl2Zr. The molecule has 124 valence electrons. The largest absolute Gasteiger partial charge is 1.00 e. The van der Waals surface area contributed by atoms with Gasteiger partial charge in [0, 0.05) is 0 Å². The Morgan fingerprint density at radius 1 is 0.696 bits per heavy atom. The molecule has 0 bridgehead atoms. The van der Waals surface area contributed by atoms with Crippen molar-refractivity contribution in [3.63, 3.8) is 0 Å². The van der Waals surface area contributed by atoms with Gasteiger partial charge < -0.3 is 24.8 Å². The third-order valence-electron chi connectivity index (χ3n) is 6.33. The second kappa shape index (κ2) is 8.20. The molecule has 0 aromatic rings. The molecule has 2 fully saturated rings. The van der Waals surface area contributed by atoms with Crippen LogP contribution in [0.3, 0.4) is 0 Å². The summed E-state index contributed by atoms with van der Waals surface area (Å²) in [6, 6.07) is 0. The normalized spacial score (nSPS) is 40.2. The number of hydrogen-bond donors (Lipinski definition) is 0. The molecule has 4 atom stereocenters. The predicted molar refractivity (Wildman–Crippen MR) is 85.9 cm³/mol. The van der Waals surface area contributed by atoms with Crippen LogP contribution in [-0.4, -0.2) is 0 Å². The molecule has 0 radical (unpaired) electrons. The number of hydrogen-bond acceptors (Lipinski definition) is 0. The van der Waals surface area contributed by atoms with Gasteiger partial charge >= 0.3 is 141 Å². The summed E-state index contributed by atoms with van der Waals surface area (Å²) in [5.74, 6) is 1.94. The molecule has 0 aromatic heterocycles. The minimum atomic E-state index is -0.514. The summed E-state index contributed by atoms with van der Waals surface area (Å²) in [5.41, 5.74) is 0. The zero-order valence-corrected chi connectivity index (χ0v) is 17.7. The zero-order chi connectivity index (χ0) is 14.2. The first-order valence-electron chi connectivity index (χ1n) is 8.81. The van der Waals surface area contributed by atoms with Crippen LogP contribution in [0.4, 0.5) is 0 Å². The van der Waals surface area contributed by atoms with E-state index in [2.05, 4.69) is 48.6 Å². The average molecular weight is 429 g/mol. The fourth-order valence-electron chi connectivity index (χ4n) is 5.24. The van der Waals surface area contributed by atoms with Crippen LogP contribution >= 0.6 is 0 Å². The van der Waals surface area contributed by atoms with Crippen molar-refractivity contribution < 1.29 is 48.0 Å². The van der Waals surface area contributed by atoms with Crippen LogP contribution in [-0.2, 0) is 23.2 Å². The van der Waals surface area contributed by atoms with E-state index in [4.69, 9.17) is 0 Å². The molecule has 4 unspecified atom stereocenters. The van der Waals surface area contributed by atoms with Gasteiger partial charge in [-0.15, -0.1) is 0 Å². The van der Waals surface area contributed by atoms with Crippen molar-refractivity contribution in [2.45, 2.75) is 57.6 Å². The van der Waals surface area contributed by atoms with Crippen molar-refractivity contribution in [3.8, 4) is 0 Å². The third kappa shape index (κ3) is 3.68. The molecule has 4 rings (SSSR count). The number of allylic oxidation sites excluding steroid dienone is 8. The fourth-order valence-corrected chi connectivity index (χ4v) is 12.0. The third-order valence-corrected chi connectivity index (χ3v) is 12.7. The van der Waals surface area contributed by atoms with Crippen LogP contribution in [0.25, 0.3) is 0 Å². The van der Waals surface area contributed by atoms with Gasteiger partial charge in [-0.1, -0.05) is 0 Å². The van der Waals surface area contributed by atoms with Crippen LogP contribution in [0.2, 0.25) is 6.25 Å². The SMILES string of the molecule is C1=CCC2CCC[C]2([Zr+2][C]23C=CC=CCC2CCC3)C=C1.[Cl-].[Cl-]. The summed E-state index contributed by atoms with van der Waals surface area (Å²) in [6.07, 6.45) is 31.2. The Bertz CT molecular complexity index is 476. The Morgan fingerprint density at radius 2 is 1.17 bits per heavy atom. The molecule has 0 amide bonds. The van der Waals surface area contributed by atoms with Gasteiger partial charge in [0.15, 0.2) is 0 Å². The molecule has 23 heavy (non-hydrogen) atoms. The van der Waals surface area contributed by atoms with Crippen molar-refractivity contribution in [1.82, 2.24) is 0 Å². The monoisotopic (exact) mass is 426 g/mol. The van der Waals surface area contributed by atoms with E-state index < -0.39 is 23.2 Å². The van der Waals surface area contributed by atoms with Crippen molar-refractivity contribution in [2.75, 3.05) is 0 Å². The van der Waals surface area contributed by atoms with Crippen LogP contribution in [0.5, 0.6) is 0 Å². The van der Waals surface area contributed by atoms with Gasteiger partial charge in [0.05, 0.1) is 0 Å². The van der Waals surface area contributed by atoms with Crippen molar-refractivity contribution >= 4 is 0 Å². The molecule has 2 saturated carbocycles. The number of fused-ring (bicyclic) bond motifs is 2. The van der Waals surface area contributed by atoms with E-state index in [9.17, 15) is 0 Å². The van der Waals surface area contributed by atoms with Gasteiger partial charge in [0.25, 0.3) is 0 Å².